The first-order valence-corrected chi connectivity index (χ1v) is 12.8. The summed E-state index contributed by atoms with van der Waals surface area (Å²) in [4.78, 5) is 59.7. The fourth-order valence-electron chi connectivity index (χ4n) is 5.69. The Bertz CT molecular complexity index is 1490. The first-order chi connectivity index (χ1) is 18.0. The first kappa shape index (κ1) is 22.1. The third kappa shape index (κ3) is 3.59. The maximum atomic E-state index is 13.0. The van der Waals surface area contributed by atoms with Crippen molar-refractivity contribution in [1.82, 2.24) is 30.0 Å². The van der Waals surface area contributed by atoms with Crippen LogP contribution < -0.4 is 10.6 Å². The van der Waals surface area contributed by atoms with E-state index in [1.165, 1.54) is 12.8 Å². The van der Waals surface area contributed by atoms with Crippen LogP contribution in [0.25, 0.3) is 11.2 Å². The molecule has 2 saturated carbocycles. The molecule has 188 valence electrons. The molecule has 1 saturated heterocycles. The molecule has 3 fully saturated rings. The molecule has 0 spiro atoms. The molecule has 2 aliphatic heterocycles. The van der Waals surface area contributed by atoms with Gasteiger partial charge in [0.1, 0.15) is 11.6 Å². The Morgan fingerprint density at radius 1 is 0.973 bits per heavy atom. The fourth-order valence-corrected chi connectivity index (χ4v) is 5.69. The minimum atomic E-state index is -0.961. The Balaban J connectivity index is 1.01. The minimum Gasteiger partial charge on any atom is -0.385 e. The van der Waals surface area contributed by atoms with E-state index in [0.29, 0.717) is 17.9 Å². The number of amides is 4. The highest BCUT2D eigenvalue weighted by Crippen LogP contribution is 2.44. The van der Waals surface area contributed by atoms with E-state index in [4.69, 9.17) is 5.10 Å². The number of carbonyl (C=O) groups excluding carboxylic acids is 4. The van der Waals surface area contributed by atoms with Crippen LogP contribution in [0, 0.1) is 5.92 Å². The highest BCUT2D eigenvalue weighted by atomic mass is 16.2. The average molecular weight is 500 g/mol. The summed E-state index contributed by atoms with van der Waals surface area (Å²) in [6.45, 7) is 0.731. The molecule has 11 nitrogen and oxygen atoms in total. The second-order valence-electron chi connectivity index (χ2n) is 10.4. The van der Waals surface area contributed by atoms with Crippen molar-refractivity contribution in [3.63, 3.8) is 0 Å². The number of piperidine rings is 1. The quantitative estimate of drug-likeness (QED) is 0.492. The molecular formula is C26H25N7O4. The van der Waals surface area contributed by atoms with Crippen LogP contribution >= 0.6 is 0 Å². The number of aromatic nitrogens is 4. The molecule has 37 heavy (non-hydrogen) atoms. The van der Waals surface area contributed by atoms with E-state index < -0.39 is 23.8 Å². The lowest BCUT2D eigenvalue weighted by atomic mass is 9.80. The van der Waals surface area contributed by atoms with Gasteiger partial charge >= 0.3 is 0 Å². The summed E-state index contributed by atoms with van der Waals surface area (Å²) in [6.07, 6.45) is 7.96. The Labute approximate surface area is 211 Å². The number of imide groups is 2. The van der Waals surface area contributed by atoms with Crippen molar-refractivity contribution in [3.05, 3.63) is 47.4 Å². The van der Waals surface area contributed by atoms with Crippen LogP contribution in [0.1, 0.15) is 76.9 Å². The zero-order chi connectivity index (χ0) is 25.3. The monoisotopic (exact) mass is 499 g/mol. The number of fused-ring (bicyclic) bond motifs is 2. The normalized spacial score (nSPS) is 25.3. The number of anilines is 1. The van der Waals surface area contributed by atoms with Crippen LogP contribution in [-0.4, -0.2) is 60.9 Å². The topological polar surface area (TPSA) is 139 Å². The van der Waals surface area contributed by atoms with E-state index >= 15 is 0 Å². The van der Waals surface area contributed by atoms with Crippen molar-refractivity contribution in [3.8, 4) is 0 Å². The molecule has 4 heterocycles. The average Bonchev–Trinajstić information content (AvgIpc) is 3.60. The van der Waals surface area contributed by atoms with Crippen LogP contribution in [0.15, 0.2) is 30.6 Å². The van der Waals surface area contributed by atoms with Crippen molar-refractivity contribution in [2.45, 2.75) is 56.5 Å². The number of hydrogen-bond acceptors (Lipinski definition) is 8. The molecule has 2 aliphatic carbocycles. The molecule has 4 amide bonds. The highest BCUT2D eigenvalue weighted by Gasteiger charge is 2.44. The van der Waals surface area contributed by atoms with Gasteiger partial charge in [0.05, 0.1) is 22.9 Å². The largest absolute Gasteiger partial charge is 0.385 e. The summed E-state index contributed by atoms with van der Waals surface area (Å²) in [5, 5.41) is 10.5. The van der Waals surface area contributed by atoms with Crippen LogP contribution in [0.2, 0.25) is 0 Å². The molecule has 2 aromatic heterocycles. The van der Waals surface area contributed by atoms with Gasteiger partial charge in [-0.1, -0.05) is 0 Å². The molecular weight excluding hydrogens is 474 g/mol. The Morgan fingerprint density at radius 3 is 2.54 bits per heavy atom. The van der Waals surface area contributed by atoms with Crippen molar-refractivity contribution < 1.29 is 19.2 Å². The van der Waals surface area contributed by atoms with Gasteiger partial charge in [-0.15, -0.1) is 0 Å². The van der Waals surface area contributed by atoms with Crippen LogP contribution in [-0.2, 0) is 9.59 Å². The lowest BCUT2D eigenvalue weighted by Gasteiger charge is -2.35. The van der Waals surface area contributed by atoms with Crippen LogP contribution in [0.3, 0.4) is 0 Å². The van der Waals surface area contributed by atoms with Gasteiger partial charge < -0.3 is 5.32 Å². The van der Waals surface area contributed by atoms with Gasteiger partial charge in [0.15, 0.2) is 5.65 Å². The first-order valence-electron chi connectivity index (χ1n) is 12.8. The fraction of sp³-hybridized carbons (Fsp3) is 0.423. The molecule has 1 aromatic carbocycles. The molecule has 2 N–H and O–H groups in total. The molecule has 3 aromatic rings. The summed E-state index contributed by atoms with van der Waals surface area (Å²) in [7, 11) is 0. The lowest BCUT2D eigenvalue weighted by Crippen LogP contribution is -2.54. The zero-order valence-corrected chi connectivity index (χ0v) is 20.0. The summed E-state index contributed by atoms with van der Waals surface area (Å²) in [5.41, 5.74) is 4.18. The predicted molar refractivity (Wildman–Crippen MR) is 131 cm³/mol. The van der Waals surface area contributed by atoms with E-state index in [9.17, 15) is 19.2 Å². The Morgan fingerprint density at radius 2 is 1.76 bits per heavy atom. The Hall–Kier alpha value is -4.15. The third-order valence-electron chi connectivity index (χ3n) is 7.91. The van der Waals surface area contributed by atoms with Gasteiger partial charge in [-0.2, -0.15) is 5.10 Å². The highest BCUT2D eigenvalue weighted by molar-refractivity contribution is 6.23. The smallest absolute Gasteiger partial charge is 0.262 e. The van der Waals surface area contributed by atoms with Gasteiger partial charge in [-0.05, 0) is 56.2 Å². The van der Waals surface area contributed by atoms with E-state index in [1.54, 1.807) is 30.6 Å². The lowest BCUT2D eigenvalue weighted by molar-refractivity contribution is -0.136. The van der Waals surface area contributed by atoms with Gasteiger partial charge in [-0.25, -0.2) is 14.6 Å². The molecule has 1 atom stereocenters. The second-order valence-corrected chi connectivity index (χ2v) is 10.4. The number of nitrogens with zero attached hydrogens (tertiary/aromatic N) is 5. The maximum absolute atomic E-state index is 13.0. The number of rotatable bonds is 6. The van der Waals surface area contributed by atoms with Crippen LogP contribution in [0.5, 0.6) is 0 Å². The van der Waals surface area contributed by atoms with Crippen molar-refractivity contribution in [1.29, 1.82) is 0 Å². The van der Waals surface area contributed by atoms with E-state index in [1.807, 2.05) is 0 Å². The predicted octanol–water partition coefficient (Wildman–Crippen LogP) is 2.17. The SMILES string of the molecule is O=C1CCC(N2C(=O)c3ccc(NCC4CC(n5nc(C6CC6)c6nccnc65)C4)cc3C2=O)C(=O)N1. The third-order valence-corrected chi connectivity index (χ3v) is 7.91. The standard InChI is InChI=1S/C26H25N7O4/c34-20-6-5-19(24(35)30-20)32-25(36)17-4-3-15(11-18(17)26(32)37)29-12-13-9-16(10-13)33-23-22(27-7-8-28-23)21(31-33)14-1-2-14/h3-4,7-8,11,13-14,16,19,29H,1-2,5-6,9-10,12H2,(H,30,34,35). The Kier molecular flexibility index (Phi) is 4.89. The number of benzene rings is 1. The minimum absolute atomic E-state index is 0.0990. The van der Waals surface area contributed by atoms with Crippen LogP contribution in [0.4, 0.5) is 5.69 Å². The van der Waals surface area contributed by atoms with Gasteiger partial charge in [-0.3, -0.25) is 29.4 Å². The summed E-state index contributed by atoms with van der Waals surface area (Å²) >= 11 is 0. The van der Waals surface area contributed by atoms with Gasteiger partial charge in [0.2, 0.25) is 11.8 Å². The number of nitrogens with one attached hydrogen (secondary N) is 2. The van der Waals surface area contributed by atoms with Gasteiger partial charge in [0.25, 0.3) is 11.8 Å². The molecule has 1 unspecified atom stereocenters. The molecule has 4 aliphatic rings. The summed E-state index contributed by atoms with van der Waals surface area (Å²) in [5.74, 6) is -1.04. The van der Waals surface area contributed by atoms with Crippen molar-refractivity contribution in [2.24, 2.45) is 5.92 Å². The van der Waals surface area contributed by atoms with Crippen molar-refractivity contribution >= 4 is 40.5 Å². The zero-order valence-electron chi connectivity index (χ0n) is 20.0. The number of hydrogen-bond donors (Lipinski definition) is 2. The summed E-state index contributed by atoms with van der Waals surface area (Å²) < 4.78 is 2.05. The molecule has 7 rings (SSSR count). The van der Waals surface area contributed by atoms with E-state index in [-0.39, 0.29) is 29.9 Å². The molecule has 0 bridgehead atoms. The van der Waals surface area contributed by atoms with E-state index in [2.05, 4.69) is 25.3 Å². The van der Waals surface area contributed by atoms with Crippen molar-refractivity contribution in [2.75, 3.05) is 11.9 Å². The second kappa shape index (κ2) is 8.19. The molecule has 11 heteroatoms. The van der Waals surface area contributed by atoms with Gasteiger partial charge in [0, 0.05) is 37.0 Å². The number of carbonyl (C=O) groups is 4. The molecule has 0 radical (unpaired) electrons. The maximum Gasteiger partial charge on any atom is 0.262 e. The summed E-state index contributed by atoms with van der Waals surface area (Å²) in [6, 6.07) is 4.42. The van der Waals surface area contributed by atoms with E-state index in [0.717, 1.165) is 46.8 Å².